The van der Waals surface area contributed by atoms with Crippen LogP contribution >= 0.6 is 0 Å². The zero-order valence-electron chi connectivity index (χ0n) is 10.8. The molecule has 1 fully saturated rings. The lowest BCUT2D eigenvalue weighted by Gasteiger charge is -2.21. The molecule has 1 aliphatic heterocycles. The first kappa shape index (κ1) is 13.4. The summed E-state index contributed by atoms with van der Waals surface area (Å²) in [5.41, 5.74) is 0.427. The molecule has 4 heteroatoms. The van der Waals surface area contributed by atoms with E-state index in [2.05, 4.69) is 10.2 Å². The molecule has 100 valence electrons. The van der Waals surface area contributed by atoms with E-state index in [0.717, 1.165) is 32.1 Å². The molecule has 0 amide bonds. The Labute approximate surface area is 107 Å². The van der Waals surface area contributed by atoms with E-state index < -0.39 is 11.6 Å². The zero-order valence-corrected chi connectivity index (χ0v) is 10.8. The summed E-state index contributed by atoms with van der Waals surface area (Å²) in [5.74, 6) is -1.49. The van der Waals surface area contributed by atoms with Crippen LogP contribution in [0.25, 0.3) is 0 Å². The van der Waals surface area contributed by atoms with Gasteiger partial charge in [-0.15, -0.1) is 0 Å². The minimum Gasteiger partial charge on any atom is -0.313 e. The summed E-state index contributed by atoms with van der Waals surface area (Å²) >= 11 is 0. The highest BCUT2D eigenvalue weighted by Gasteiger charge is 2.19. The number of benzene rings is 1. The van der Waals surface area contributed by atoms with E-state index in [1.54, 1.807) is 19.2 Å². The van der Waals surface area contributed by atoms with Gasteiger partial charge >= 0.3 is 0 Å². The molecule has 0 spiro atoms. The van der Waals surface area contributed by atoms with Gasteiger partial charge in [-0.05, 0) is 52.0 Å². The normalized spacial score (nSPS) is 18.2. The van der Waals surface area contributed by atoms with Crippen LogP contribution in [0.15, 0.2) is 18.2 Å². The molecule has 0 aromatic heterocycles. The lowest BCUT2D eigenvalue weighted by molar-refractivity contribution is 0.311. The van der Waals surface area contributed by atoms with Crippen molar-refractivity contribution in [1.29, 1.82) is 0 Å². The molecular formula is C14H20F2N2. The van der Waals surface area contributed by atoms with Crippen LogP contribution in [0, 0.1) is 11.6 Å². The quantitative estimate of drug-likeness (QED) is 0.869. The van der Waals surface area contributed by atoms with E-state index in [9.17, 15) is 8.78 Å². The molecule has 2 rings (SSSR count). The van der Waals surface area contributed by atoms with Crippen LogP contribution in [0.1, 0.15) is 30.9 Å². The van der Waals surface area contributed by atoms with Gasteiger partial charge in [0.25, 0.3) is 0 Å². The van der Waals surface area contributed by atoms with E-state index in [-0.39, 0.29) is 6.04 Å². The van der Waals surface area contributed by atoms with Crippen molar-refractivity contribution in [3.05, 3.63) is 35.4 Å². The minimum atomic E-state index is -0.770. The predicted molar refractivity (Wildman–Crippen MR) is 68.4 cm³/mol. The fourth-order valence-corrected chi connectivity index (χ4v) is 2.56. The SMILES string of the molecule is CNC(CCN1CCCC1)c1cccc(F)c1F. The molecule has 2 nitrogen and oxygen atoms in total. The second kappa shape index (κ2) is 6.25. The maximum absolute atomic E-state index is 13.7. The van der Waals surface area contributed by atoms with Gasteiger partial charge in [-0.3, -0.25) is 0 Å². The molecule has 0 bridgehead atoms. The Morgan fingerprint density at radius 3 is 2.67 bits per heavy atom. The third-order valence-corrected chi connectivity index (χ3v) is 3.64. The molecule has 0 aliphatic carbocycles. The molecule has 0 radical (unpaired) electrons. The first-order chi connectivity index (χ1) is 8.72. The van der Waals surface area contributed by atoms with Gasteiger partial charge in [0.1, 0.15) is 0 Å². The van der Waals surface area contributed by atoms with Crippen molar-refractivity contribution >= 4 is 0 Å². The number of likely N-dealkylation sites (tertiary alicyclic amines) is 1. The average molecular weight is 254 g/mol. The van der Waals surface area contributed by atoms with Gasteiger partial charge in [-0.2, -0.15) is 0 Å². The first-order valence-corrected chi connectivity index (χ1v) is 6.56. The number of hydrogen-bond donors (Lipinski definition) is 1. The highest BCUT2D eigenvalue weighted by molar-refractivity contribution is 5.22. The standard InChI is InChI=1S/C14H20F2N2/c1-17-13(7-10-18-8-2-3-9-18)11-5-4-6-12(15)14(11)16/h4-6,13,17H,2-3,7-10H2,1H3. The van der Waals surface area contributed by atoms with Crippen LogP contribution in [-0.2, 0) is 0 Å². The molecular weight excluding hydrogens is 234 g/mol. The number of hydrogen-bond acceptors (Lipinski definition) is 2. The molecule has 1 saturated heterocycles. The summed E-state index contributed by atoms with van der Waals surface area (Å²) < 4.78 is 26.9. The van der Waals surface area contributed by atoms with Crippen LogP contribution in [0.3, 0.4) is 0 Å². The predicted octanol–water partition coefficient (Wildman–Crippen LogP) is 2.71. The van der Waals surface area contributed by atoms with Gasteiger partial charge in [0, 0.05) is 11.6 Å². The van der Waals surface area contributed by atoms with Crippen molar-refractivity contribution in [3.63, 3.8) is 0 Å². The van der Waals surface area contributed by atoms with Gasteiger partial charge in [0.05, 0.1) is 0 Å². The highest BCUT2D eigenvalue weighted by atomic mass is 19.2. The molecule has 1 aliphatic rings. The Hall–Kier alpha value is -1.00. The topological polar surface area (TPSA) is 15.3 Å². The van der Waals surface area contributed by atoms with Crippen molar-refractivity contribution in [2.45, 2.75) is 25.3 Å². The van der Waals surface area contributed by atoms with E-state index in [1.807, 2.05) is 0 Å². The summed E-state index contributed by atoms with van der Waals surface area (Å²) in [6.45, 7) is 3.19. The Morgan fingerprint density at radius 1 is 1.28 bits per heavy atom. The zero-order chi connectivity index (χ0) is 13.0. The monoisotopic (exact) mass is 254 g/mol. The summed E-state index contributed by atoms with van der Waals surface area (Å²) in [6.07, 6.45) is 3.30. The second-order valence-corrected chi connectivity index (χ2v) is 4.82. The summed E-state index contributed by atoms with van der Waals surface area (Å²) in [5, 5.41) is 3.08. The van der Waals surface area contributed by atoms with E-state index in [1.165, 1.54) is 12.8 Å². The average Bonchev–Trinajstić information content (AvgIpc) is 2.88. The molecule has 1 aromatic carbocycles. The highest BCUT2D eigenvalue weighted by Crippen LogP contribution is 2.22. The smallest absolute Gasteiger partial charge is 0.163 e. The van der Waals surface area contributed by atoms with Crippen LogP contribution in [-0.4, -0.2) is 31.6 Å². The van der Waals surface area contributed by atoms with Gasteiger partial charge < -0.3 is 10.2 Å². The van der Waals surface area contributed by atoms with Crippen LogP contribution in [0.4, 0.5) is 8.78 Å². The van der Waals surface area contributed by atoms with Crippen molar-refractivity contribution in [1.82, 2.24) is 10.2 Å². The molecule has 1 N–H and O–H groups in total. The number of nitrogens with one attached hydrogen (secondary N) is 1. The number of nitrogens with zero attached hydrogens (tertiary/aromatic N) is 1. The summed E-state index contributed by atoms with van der Waals surface area (Å²) in [6, 6.07) is 4.25. The van der Waals surface area contributed by atoms with Gasteiger partial charge in [0.2, 0.25) is 0 Å². The van der Waals surface area contributed by atoms with Crippen molar-refractivity contribution in [3.8, 4) is 0 Å². The number of halogens is 2. The fraction of sp³-hybridized carbons (Fsp3) is 0.571. The molecule has 0 saturated carbocycles. The van der Waals surface area contributed by atoms with Crippen LogP contribution in [0.2, 0.25) is 0 Å². The van der Waals surface area contributed by atoms with E-state index in [4.69, 9.17) is 0 Å². The van der Waals surface area contributed by atoms with Crippen LogP contribution in [0.5, 0.6) is 0 Å². The van der Waals surface area contributed by atoms with Crippen LogP contribution < -0.4 is 5.32 Å². The molecule has 1 aromatic rings. The molecule has 1 atom stereocenters. The molecule has 1 unspecified atom stereocenters. The lowest BCUT2D eigenvalue weighted by atomic mass is 10.0. The lowest BCUT2D eigenvalue weighted by Crippen LogP contribution is -2.26. The Kier molecular flexibility index (Phi) is 4.66. The fourth-order valence-electron chi connectivity index (χ4n) is 2.56. The van der Waals surface area contributed by atoms with E-state index >= 15 is 0 Å². The van der Waals surface area contributed by atoms with E-state index in [0.29, 0.717) is 5.56 Å². The molecule has 18 heavy (non-hydrogen) atoms. The third-order valence-electron chi connectivity index (χ3n) is 3.64. The summed E-state index contributed by atoms with van der Waals surface area (Å²) in [7, 11) is 1.79. The first-order valence-electron chi connectivity index (χ1n) is 6.56. The molecule has 1 heterocycles. The van der Waals surface area contributed by atoms with Crippen molar-refractivity contribution < 1.29 is 8.78 Å². The Balaban J connectivity index is 2.00. The minimum absolute atomic E-state index is 0.124. The van der Waals surface area contributed by atoms with Gasteiger partial charge in [-0.1, -0.05) is 12.1 Å². The maximum atomic E-state index is 13.7. The second-order valence-electron chi connectivity index (χ2n) is 4.82. The summed E-state index contributed by atoms with van der Waals surface area (Å²) in [4.78, 5) is 2.38. The van der Waals surface area contributed by atoms with Crippen molar-refractivity contribution in [2.75, 3.05) is 26.7 Å². The Morgan fingerprint density at radius 2 is 2.00 bits per heavy atom. The Bertz CT molecular complexity index is 389. The maximum Gasteiger partial charge on any atom is 0.163 e. The third kappa shape index (κ3) is 3.06. The van der Waals surface area contributed by atoms with Gasteiger partial charge in [-0.25, -0.2) is 8.78 Å². The largest absolute Gasteiger partial charge is 0.313 e. The van der Waals surface area contributed by atoms with Gasteiger partial charge in [0.15, 0.2) is 11.6 Å². The van der Waals surface area contributed by atoms with Crippen molar-refractivity contribution in [2.24, 2.45) is 0 Å². The number of rotatable bonds is 5.